The summed E-state index contributed by atoms with van der Waals surface area (Å²) in [6.45, 7) is 1.96. The van der Waals surface area contributed by atoms with Crippen LogP contribution in [-0.2, 0) is 0 Å². The molecule has 0 aliphatic carbocycles. The van der Waals surface area contributed by atoms with Gasteiger partial charge in [-0.25, -0.2) is 0 Å². The van der Waals surface area contributed by atoms with E-state index in [0.29, 0.717) is 17.0 Å². The summed E-state index contributed by atoms with van der Waals surface area (Å²) in [5, 5.41) is 0. The van der Waals surface area contributed by atoms with E-state index in [2.05, 4.69) is 4.98 Å². The second kappa shape index (κ2) is 6.26. The van der Waals surface area contributed by atoms with Gasteiger partial charge in [-0.15, -0.1) is 0 Å². The SMILES string of the molecule is COc1c(N)cccc1C(=O)N(C)C(C)c1ccncc1. The highest BCUT2D eigenvalue weighted by atomic mass is 16.5. The molecule has 0 fully saturated rings. The molecule has 1 aromatic carbocycles. The number of benzene rings is 1. The van der Waals surface area contributed by atoms with Crippen LogP contribution in [0.3, 0.4) is 0 Å². The van der Waals surface area contributed by atoms with Crippen LogP contribution >= 0.6 is 0 Å². The van der Waals surface area contributed by atoms with E-state index in [4.69, 9.17) is 10.5 Å². The minimum Gasteiger partial charge on any atom is -0.494 e. The zero-order valence-electron chi connectivity index (χ0n) is 12.4. The third-order valence-corrected chi connectivity index (χ3v) is 3.57. The predicted molar refractivity (Wildman–Crippen MR) is 82.2 cm³/mol. The molecule has 1 aromatic heterocycles. The van der Waals surface area contributed by atoms with Crippen LogP contribution in [-0.4, -0.2) is 29.9 Å². The lowest BCUT2D eigenvalue weighted by atomic mass is 10.1. The van der Waals surface area contributed by atoms with Crippen molar-refractivity contribution >= 4 is 11.6 Å². The molecule has 21 heavy (non-hydrogen) atoms. The zero-order chi connectivity index (χ0) is 15.4. The van der Waals surface area contributed by atoms with Gasteiger partial charge in [-0.05, 0) is 36.8 Å². The number of methoxy groups -OCH3 is 1. The number of aromatic nitrogens is 1. The Bertz CT molecular complexity index is 629. The molecule has 0 saturated heterocycles. The van der Waals surface area contributed by atoms with Gasteiger partial charge in [0.05, 0.1) is 24.4 Å². The molecule has 2 N–H and O–H groups in total. The third-order valence-electron chi connectivity index (χ3n) is 3.57. The summed E-state index contributed by atoms with van der Waals surface area (Å²) in [6, 6.07) is 8.88. The molecule has 1 heterocycles. The maximum atomic E-state index is 12.7. The Labute approximate surface area is 124 Å². The lowest BCUT2D eigenvalue weighted by Gasteiger charge is -2.26. The third kappa shape index (κ3) is 2.97. The van der Waals surface area contributed by atoms with Crippen molar-refractivity contribution < 1.29 is 9.53 Å². The van der Waals surface area contributed by atoms with Crippen molar-refractivity contribution in [2.75, 3.05) is 19.9 Å². The van der Waals surface area contributed by atoms with Gasteiger partial charge in [0.25, 0.3) is 5.91 Å². The van der Waals surface area contributed by atoms with E-state index in [1.54, 1.807) is 42.5 Å². The first-order valence-corrected chi connectivity index (χ1v) is 6.65. The molecule has 2 rings (SSSR count). The molecule has 1 amide bonds. The fourth-order valence-corrected chi connectivity index (χ4v) is 2.18. The molecule has 5 heteroatoms. The number of hydrogen-bond donors (Lipinski definition) is 1. The Balaban J connectivity index is 2.30. The van der Waals surface area contributed by atoms with E-state index in [-0.39, 0.29) is 11.9 Å². The maximum Gasteiger partial charge on any atom is 0.257 e. The number of hydrogen-bond acceptors (Lipinski definition) is 4. The van der Waals surface area contributed by atoms with Crippen molar-refractivity contribution in [2.24, 2.45) is 0 Å². The molecule has 2 aromatic rings. The summed E-state index contributed by atoms with van der Waals surface area (Å²) in [4.78, 5) is 18.3. The molecular weight excluding hydrogens is 266 g/mol. The largest absolute Gasteiger partial charge is 0.494 e. The molecular formula is C16H19N3O2. The van der Waals surface area contributed by atoms with Crippen molar-refractivity contribution in [3.05, 3.63) is 53.9 Å². The number of carbonyl (C=O) groups is 1. The van der Waals surface area contributed by atoms with Gasteiger partial charge < -0.3 is 15.4 Å². The van der Waals surface area contributed by atoms with Crippen LogP contribution in [0.25, 0.3) is 0 Å². The number of pyridine rings is 1. The first kappa shape index (κ1) is 14.8. The quantitative estimate of drug-likeness (QED) is 0.876. The average Bonchev–Trinajstić information content (AvgIpc) is 2.53. The predicted octanol–water partition coefficient (Wildman–Crippen LogP) is 2.51. The van der Waals surface area contributed by atoms with E-state index in [0.717, 1.165) is 5.56 Å². The van der Waals surface area contributed by atoms with Gasteiger partial charge in [-0.2, -0.15) is 0 Å². The molecule has 1 atom stereocenters. The van der Waals surface area contributed by atoms with E-state index < -0.39 is 0 Å². The minimum absolute atomic E-state index is 0.0772. The molecule has 0 bridgehead atoms. The highest BCUT2D eigenvalue weighted by molar-refractivity contribution is 5.98. The first-order chi connectivity index (χ1) is 10.1. The molecule has 110 valence electrons. The molecule has 0 saturated carbocycles. The van der Waals surface area contributed by atoms with Gasteiger partial charge in [-0.1, -0.05) is 6.07 Å². The monoisotopic (exact) mass is 285 g/mol. The van der Waals surface area contributed by atoms with Crippen LogP contribution in [0, 0.1) is 0 Å². The van der Waals surface area contributed by atoms with Crippen LogP contribution in [0.1, 0.15) is 28.9 Å². The van der Waals surface area contributed by atoms with E-state index in [1.807, 2.05) is 19.1 Å². The maximum absolute atomic E-state index is 12.7. The number of nitrogens with zero attached hydrogens (tertiary/aromatic N) is 2. The van der Waals surface area contributed by atoms with Gasteiger partial charge in [-0.3, -0.25) is 9.78 Å². The van der Waals surface area contributed by atoms with Crippen LogP contribution in [0.5, 0.6) is 5.75 Å². The van der Waals surface area contributed by atoms with Gasteiger partial charge in [0, 0.05) is 19.4 Å². The second-order valence-electron chi connectivity index (χ2n) is 4.80. The van der Waals surface area contributed by atoms with Crippen LogP contribution in [0.15, 0.2) is 42.7 Å². The highest BCUT2D eigenvalue weighted by Gasteiger charge is 2.22. The van der Waals surface area contributed by atoms with Gasteiger partial charge in [0.15, 0.2) is 5.75 Å². The Morgan fingerprint density at radius 3 is 2.57 bits per heavy atom. The smallest absolute Gasteiger partial charge is 0.257 e. The second-order valence-corrected chi connectivity index (χ2v) is 4.80. The van der Waals surface area contributed by atoms with Crippen molar-refractivity contribution in [1.82, 2.24) is 9.88 Å². The van der Waals surface area contributed by atoms with E-state index in [1.165, 1.54) is 7.11 Å². The number of carbonyl (C=O) groups excluding carboxylic acids is 1. The number of ether oxygens (including phenoxy) is 1. The summed E-state index contributed by atoms with van der Waals surface area (Å²) < 4.78 is 5.25. The van der Waals surface area contributed by atoms with Crippen LogP contribution in [0.2, 0.25) is 0 Å². The Morgan fingerprint density at radius 2 is 1.95 bits per heavy atom. The molecule has 0 radical (unpaired) electrons. The number of rotatable bonds is 4. The van der Waals surface area contributed by atoms with Crippen LogP contribution < -0.4 is 10.5 Å². The summed E-state index contributed by atoms with van der Waals surface area (Å²) in [5.74, 6) is 0.278. The Hall–Kier alpha value is -2.56. The number of anilines is 1. The number of nitrogen functional groups attached to an aromatic ring is 1. The first-order valence-electron chi connectivity index (χ1n) is 6.65. The van der Waals surface area contributed by atoms with E-state index in [9.17, 15) is 4.79 Å². The van der Waals surface area contributed by atoms with Gasteiger partial charge in [0.2, 0.25) is 0 Å². The number of para-hydroxylation sites is 1. The number of amides is 1. The van der Waals surface area contributed by atoms with Crippen molar-refractivity contribution in [3.8, 4) is 5.75 Å². The minimum atomic E-state index is -0.136. The molecule has 5 nitrogen and oxygen atoms in total. The van der Waals surface area contributed by atoms with Gasteiger partial charge >= 0.3 is 0 Å². The zero-order valence-corrected chi connectivity index (χ0v) is 12.4. The fourth-order valence-electron chi connectivity index (χ4n) is 2.18. The Morgan fingerprint density at radius 1 is 1.29 bits per heavy atom. The van der Waals surface area contributed by atoms with Crippen LogP contribution in [0.4, 0.5) is 5.69 Å². The summed E-state index contributed by atoms with van der Waals surface area (Å²) in [6.07, 6.45) is 3.43. The molecule has 0 aliphatic heterocycles. The highest BCUT2D eigenvalue weighted by Crippen LogP contribution is 2.29. The average molecular weight is 285 g/mol. The summed E-state index contributed by atoms with van der Waals surface area (Å²) in [7, 11) is 3.27. The standard InChI is InChI=1S/C16H19N3O2/c1-11(12-7-9-18-10-8-12)19(2)16(20)13-5-4-6-14(17)15(13)21-3/h4-11H,17H2,1-3H3. The molecule has 0 aliphatic rings. The Kier molecular flexibility index (Phi) is 4.42. The lowest BCUT2D eigenvalue weighted by molar-refractivity contribution is 0.0739. The summed E-state index contributed by atoms with van der Waals surface area (Å²) in [5.41, 5.74) is 7.78. The summed E-state index contributed by atoms with van der Waals surface area (Å²) >= 11 is 0. The van der Waals surface area contributed by atoms with Gasteiger partial charge in [0.1, 0.15) is 0 Å². The van der Waals surface area contributed by atoms with E-state index >= 15 is 0 Å². The van der Waals surface area contributed by atoms with Crippen molar-refractivity contribution in [2.45, 2.75) is 13.0 Å². The topological polar surface area (TPSA) is 68.5 Å². The van der Waals surface area contributed by atoms with Crippen molar-refractivity contribution in [3.63, 3.8) is 0 Å². The normalized spacial score (nSPS) is 11.8. The molecule has 1 unspecified atom stereocenters. The molecule has 0 spiro atoms. The van der Waals surface area contributed by atoms with Crippen molar-refractivity contribution in [1.29, 1.82) is 0 Å². The lowest BCUT2D eigenvalue weighted by Crippen LogP contribution is -2.30. The fraction of sp³-hybridized carbons (Fsp3) is 0.250. The number of nitrogens with two attached hydrogens (primary N) is 1.